The van der Waals surface area contributed by atoms with Crippen molar-refractivity contribution in [2.75, 3.05) is 44.7 Å². The highest BCUT2D eigenvalue weighted by Crippen LogP contribution is 2.57. The Labute approximate surface area is 151 Å². The molecule has 1 aromatic heterocycles. The number of nitrogens with one attached hydrogen (secondary N) is 1. The van der Waals surface area contributed by atoms with Crippen molar-refractivity contribution in [1.29, 1.82) is 0 Å². The molecular weight excluding hydrogens is 312 g/mol. The molecule has 3 fully saturated rings. The van der Waals surface area contributed by atoms with E-state index in [4.69, 9.17) is 9.72 Å². The molecule has 1 spiro atoms. The largest absolute Gasteiger partial charge is 0.378 e. The molecule has 2 saturated carbocycles. The summed E-state index contributed by atoms with van der Waals surface area (Å²) >= 11 is 0. The van der Waals surface area contributed by atoms with E-state index in [0.717, 1.165) is 45.1 Å². The molecule has 2 heterocycles. The molecule has 1 saturated heterocycles. The van der Waals surface area contributed by atoms with Gasteiger partial charge in [-0.2, -0.15) is 0 Å². The molecule has 0 bridgehead atoms. The zero-order valence-corrected chi connectivity index (χ0v) is 15.7. The first kappa shape index (κ1) is 17.3. The van der Waals surface area contributed by atoms with Gasteiger partial charge in [0.25, 0.3) is 0 Å². The maximum absolute atomic E-state index is 5.95. The van der Waals surface area contributed by atoms with Gasteiger partial charge in [0, 0.05) is 57.0 Å². The van der Waals surface area contributed by atoms with Crippen LogP contribution in [-0.2, 0) is 11.3 Å². The van der Waals surface area contributed by atoms with Crippen molar-refractivity contribution in [3.63, 3.8) is 0 Å². The molecule has 0 amide bonds. The van der Waals surface area contributed by atoms with Crippen LogP contribution in [0.4, 0.5) is 5.82 Å². The van der Waals surface area contributed by atoms with Gasteiger partial charge >= 0.3 is 0 Å². The van der Waals surface area contributed by atoms with Crippen LogP contribution in [0, 0.1) is 5.41 Å². The molecule has 138 valence electrons. The Bertz CT molecular complexity index is 564. The predicted molar refractivity (Wildman–Crippen MR) is 101 cm³/mol. The van der Waals surface area contributed by atoms with Crippen molar-refractivity contribution in [3.05, 3.63) is 23.9 Å². The first-order valence-electron chi connectivity index (χ1n) is 9.95. The van der Waals surface area contributed by atoms with Gasteiger partial charge in [0.15, 0.2) is 0 Å². The summed E-state index contributed by atoms with van der Waals surface area (Å²) in [4.78, 5) is 9.47. The molecule has 0 aromatic carbocycles. The highest BCUT2D eigenvalue weighted by molar-refractivity contribution is 5.40. The first-order valence-corrected chi connectivity index (χ1v) is 9.95. The Morgan fingerprint density at radius 3 is 2.64 bits per heavy atom. The average molecular weight is 345 g/mol. The Balaban J connectivity index is 1.29. The number of nitrogens with zero attached hydrogens (tertiary/aromatic N) is 3. The van der Waals surface area contributed by atoms with Crippen molar-refractivity contribution in [3.8, 4) is 0 Å². The van der Waals surface area contributed by atoms with E-state index in [0.29, 0.717) is 17.6 Å². The molecule has 25 heavy (non-hydrogen) atoms. The van der Waals surface area contributed by atoms with Gasteiger partial charge in [-0.1, -0.05) is 12.5 Å². The average Bonchev–Trinajstić information content (AvgIpc) is 2.57. The van der Waals surface area contributed by atoms with E-state index in [1.807, 2.05) is 6.20 Å². The van der Waals surface area contributed by atoms with Crippen molar-refractivity contribution in [1.82, 2.24) is 15.2 Å². The monoisotopic (exact) mass is 344 g/mol. The van der Waals surface area contributed by atoms with E-state index in [9.17, 15) is 0 Å². The maximum atomic E-state index is 5.95. The lowest BCUT2D eigenvalue weighted by Gasteiger charge is -2.61. The Morgan fingerprint density at radius 1 is 1.24 bits per heavy atom. The Morgan fingerprint density at radius 2 is 2.04 bits per heavy atom. The molecular formula is C20H32N4O. The van der Waals surface area contributed by atoms with Crippen LogP contribution in [0.25, 0.3) is 0 Å². The van der Waals surface area contributed by atoms with Crippen LogP contribution in [0.5, 0.6) is 0 Å². The number of hydrogen-bond donors (Lipinski definition) is 1. The van der Waals surface area contributed by atoms with Crippen molar-refractivity contribution in [2.45, 2.75) is 51.3 Å². The molecule has 1 N–H and O–H groups in total. The second-order valence-electron chi connectivity index (χ2n) is 8.01. The van der Waals surface area contributed by atoms with Gasteiger partial charge in [0.1, 0.15) is 5.82 Å². The lowest BCUT2D eigenvalue weighted by atomic mass is 9.51. The summed E-state index contributed by atoms with van der Waals surface area (Å²) in [5, 5.41) is 3.78. The molecule has 5 heteroatoms. The summed E-state index contributed by atoms with van der Waals surface area (Å²) in [5.41, 5.74) is 1.72. The molecule has 1 aliphatic heterocycles. The zero-order chi connectivity index (χ0) is 17.3. The Hall–Kier alpha value is -1.17. The van der Waals surface area contributed by atoms with Gasteiger partial charge in [-0.25, -0.2) is 4.98 Å². The topological polar surface area (TPSA) is 40.6 Å². The van der Waals surface area contributed by atoms with E-state index in [2.05, 4.69) is 41.2 Å². The molecule has 3 aliphatic rings. The van der Waals surface area contributed by atoms with Crippen LogP contribution in [-0.4, -0.2) is 61.9 Å². The highest BCUT2D eigenvalue weighted by atomic mass is 16.5. The highest BCUT2D eigenvalue weighted by Gasteiger charge is 2.58. The van der Waals surface area contributed by atoms with Gasteiger partial charge < -0.3 is 19.9 Å². The summed E-state index contributed by atoms with van der Waals surface area (Å²) in [6.45, 7) is 8.26. The lowest BCUT2D eigenvalue weighted by Crippen LogP contribution is -2.66. The second-order valence-corrected chi connectivity index (χ2v) is 8.01. The lowest BCUT2D eigenvalue weighted by molar-refractivity contribution is -0.173. The van der Waals surface area contributed by atoms with Crippen LogP contribution in [0.3, 0.4) is 0 Å². The van der Waals surface area contributed by atoms with Gasteiger partial charge in [0.05, 0.1) is 6.10 Å². The number of likely N-dealkylation sites (N-methyl/N-ethyl adjacent to an activating group) is 1. The summed E-state index contributed by atoms with van der Waals surface area (Å²) in [6, 6.07) is 5.04. The van der Waals surface area contributed by atoms with Gasteiger partial charge in [-0.15, -0.1) is 0 Å². The predicted octanol–water partition coefficient (Wildman–Crippen LogP) is 2.27. The van der Waals surface area contributed by atoms with Crippen LogP contribution >= 0.6 is 0 Å². The van der Waals surface area contributed by atoms with Crippen LogP contribution in [0.1, 0.15) is 38.2 Å². The smallest absolute Gasteiger partial charge is 0.128 e. The summed E-state index contributed by atoms with van der Waals surface area (Å²) in [6.07, 6.45) is 7.73. The fourth-order valence-corrected chi connectivity index (χ4v) is 4.71. The van der Waals surface area contributed by atoms with E-state index < -0.39 is 0 Å². The zero-order valence-electron chi connectivity index (χ0n) is 15.7. The summed E-state index contributed by atoms with van der Waals surface area (Å²) < 4.78 is 5.95. The van der Waals surface area contributed by atoms with E-state index in [1.54, 1.807) is 0 Å². The molecule has 5 nitrogen and oxygen atoms in total. The van der Waals surface area contributed by atoms with Crippen molar-refractivity contribution in [2.24, 2.45) is 5.41 Å². The fourth-order valence-electron chi connectivity index (χ4n) is 4.71. The number of rotatable bonds is 6. The van der Waals surface area contributed by atoms with E-state index in [-0.39, 0.29) is 0 Å². The minimum Gasteiger partial charge on any atom is -0.378 e. The molecule has 1 aromatic rings. The Kier molecular flexibility index (Phi) is 4.98. The standard InChI is InChI=1S/C20H32N4O/c1-3-25-18-13-17(20(18)7-4-8-20)21-14-16-5-6-19(22-15-16)24-11-9-23(2)10-12-24/h5-6,15,17-18,21H,3-4,7-14H2,1-2H3. The number of ether oxygens (including phenoxy) is 1. The third kappa shape index (κ3) is 3.29. The third-order valence-corrected chi connectivity index (χ3v) is 6.63. The minimum absolute atomic E-state index is 0.434. The third-order valence-electron chi connectivity index (χ3n) is 6.63. The first-order chi connectivity index (χ1) is 12.2. The molecule has 4 rings (SSSR count). The number of aromatic nitrogens is 1. The van der Waals surface area contributed by atoms with Gasteiger partial charge in [-0.3, -0.25) is 0 Å². The van der Waals surface area contributed by atoms with Gasteiger partial charge in [-0.05, 0) is 44.9 Å². The summed E-state index contributed by atoms with van der Waals surface area (Å²) in [5.74, 6) is 1.12. The number of hydrogen-bond acceptors (Lipinski definition) is 5. The van der Waals surface area contributed by atoms with Crippen LogP contribution in [0.15, 0.2) is 18.3 Å². The van der Waals surface area contributed by atoms with Crippen LogP contribution < -0.4 is 10.2 Å². The van der Waals surface area contributed by atoms with Crippen LogP contribution in [0.2, 0.25) is 0 Å². The van der Waals surface area contributed by atoms with Crippen molar-refractivity contribution < 1.29 is 4.74 Å². The molecule has 0 radical (unpaired) electrons. The van der Waals surface area contributed by atoms with E-state index >= 15 is 0 Å². The SMILES string of the molecule is CCOC1CC(NCc2ccc(N3CCN(C)CC3)nc2)C12CCC2. The molecule has 2 unspecified atom stereocenters. The number of pyridine rings is 1. The minimum atomic E-state index is 0.434. The number of anilines is 1. The number of piperazine rings is 1. The van der Waals surface area contributed by atoms with E-state index in [1.165, 1.54) is 31.2 Å². The summed E-state index contributed by atoms with van der Waals surface area (Å²) in [7, 11) is 2.19. The molecule has 2 atom stereocenters. The fraction of sp³-hybridized carbons (Fsp3) is 0.750. The molecule has 2 aliphatic carbocycles. The quantitative estimate of drug-likeness (QED) is 0.857. The normalized spacial score (nSPS) is 28.6. The maximum Gasteiger partial charge on any atom is 0.128 e. The van der Waals surface area contributed by atoms with Crippen molar-refractivity contribution >= 4 is 5.82 Å². The second kappa shape index (κ2) is 7.22. The van der Waals surface area contributed by atoms with Gasteiger partial charge in [0.2, 0.25) is 0 Å².